The maximum Gasteiger partial charge on any atom is 0.293 e. The lowest BCUT2D eigenvalue weighted by molar-refractivity contribution is -0.384. The zero-order chi connectivity index (χ0) is 28.1. The SMILES string of the molecule is COc1cc(/C=C2\SC(=O)N(Cc3ccc([N+](=O)[O-])cc3)C2=O)cc(Br)c1OCC(=O)Nc1ccccc1Cl. The summed E-state index contributed by atoms with van der Waals surface area (Å²) in [5.74, 6) is -0.348. The summed E-state index contributed by atoms with van der Waals surface area (Å²) < 4.78 is 11.6. The molecule has 0 aromatic heterocycles. The number of para-hydroxylation sites is 1. The minimum Gasteiger partial charge on any atom is -0.493 e. The number of hydrogen-bond acceptors (Lipinski definition) is 8. The van der Waals surface area contributed by atoms with Crippen molar-refractivity contribution in [2.24, 2.45) is 0 Å². The van der Waals surface area contributed by atoms with Crippen molar-refractivity contribution in [3.05, 3.63) is 96.3 Å². The average molecular weight is 633 g/mol. The van der Waals surface area contributed by atoms with Crippen LogP contribution in [0, 0.1) is 10.1 Å². The van der Waals surface area contributed by atoms with E-state index in [1.54, 1.807) is 42.5 Å². The number of thioether (sulfide) groups is 1. The number of amides is 3. The van der Waals surface area contributed by atoms with E-state index >= 15 is 0 Å². The van der Waals surface area contributed by atoms with E-state index < -0.39 is 22.0 Å². The summed E-state index contributed by atoms with van der Waals surface area (Å²) in [6, 6.07) is 15.7. The van der Waals surface area contributed by atoms with Crippen LogP contribution in [0.3, 0.4) is 0 Å². The average Bonchev–Trinajstić information content (AvgIpc) is 3.16. The van der Waals surface area contributed by atoms with Gasteiger partial charge in [-0.1, -0.05) is 35.9 Å². The first-order chi connectivity index (χ1) is 18.7. The summed E-state index contributed by atoms with van der Waals surface area (Å²) in [5.41, 5.74) is 1.50. The monoisotopic (exact) mass is 631 g/mol. The third-order valence-electron chi connectivity index (χ3n) is 5.41. The van der Waals surface area contributed by atoms with Gasteiger partial charge in [0.2, 0.25) is 0 Å². The molecule has 39 heavy (non-hydrogen) atoms. The summed E-state index contributed by atoms with van der Waals surface area (Å²) in [7, 11) is 1.43. The van der Waals surface area contributed by atoms with Crippen LogP contribution in [0.2, 0.25) is 5.02 Å². The smallest absolute Gasteiger partial charge is 0.293 e. The minimum atomic E-state index is -0.523. The van der Waals surface area contributed by atoms with Gasteiger partial charge >= 0.3 is 0 Å². The second kappa shape index (κ2) is 12.3. The summed E-state index contributed by atoms with van der Waals surface area (Å²) in [6.45, 7) is -0.336. The number of non-ortho nitro benzene ring substituents is 1. The molecule has 10 nitrogen and oxygen atoms in total. The highest BCUT2D eigenvalue weighted by molar-refractivity contribution is 9.10. The first kappa shape index (κ1) is 28.1. The van der Waals surface area contributed by atoms with Crippen LogP contribution >= 0.6 is 39.3 Å². The van der Waals surface area contributed by atoms with Gasteiger partial charge in [0.15, 0.2) is 18.1 Å². The van der Waals surface area contributed by atoms with Gasteiger partial charge in [-0.15, -0.1) is 0 Å². The van der Waals surface area contributed by atoms with Crippen molar-refractivity contribution in [1.82, 2.24) is 4.90 Å². The first-order valence-electron chi connectivity index (χ1n) is 11.2. The van der Waals surface area contributed by atoms with E-state index in [1.807, 2.05) is 0 Å². The largest absolute Gasteiger partial charge is 0.493 e. The van der Waals surface area contributed by atoms with Crippen LogP contribution in [-0.2, 0) is 16.1 Å². The summed E-state index contributed by atoms with van der Waals surface area (Å²) in [4.78, 5) is 49.4. The number of nitrogens with one attached hydrogen (secondary N) is 1. The number of nitrogens with zero attached hydrogens (tertiary/aromatic N) is 2. The second-order valence-electron chi connectivity index (χ2n) is 8.04. The lowest BCUT2D eigenvalue weighted by atomic mass is 10.1. The van der Waals surface area contributed by atoms with Crippen molar-refractivity contribution in [2.45, 2.75) is 6.54 Å². The Morgan fingerprint density at radius 1 is 1.18 bits per heavy atom. The zero-order valence-corrected chi connectivity index (χ0v) is 23.3. The molecule has 1 aliphatic rings. The number of hydrogen-bond donors (Lipinski definition) is 1. The number of halogens is 2. The number of carbonyl (C=O) groups excluding carboxylic acids is 3. The van der Waals surface area contributed by atoms with Crippen LogP contribution in [-0.4, -0.2) is 40.6 Å². The van der Waals surface area contributed by atoms with E-state index in [-0.39, 0.29) is 29.5 Å². The van der Waals surface area contributed by atoms with Gasteiger partial charge in [-0.3, -0.25) is 29.4 Å². The minimum absolute atomic E-state index is 0.0178. The predicted octanol–water partition coefficient (Wildman–Crippen LogP) is 6.27. The summed E-state index contributed by atoms with van der Waals surface area (Å²) in [6.07, 6.45) is 1.54. The molecule has 1 fully saturated rings. The molecule has 1 aliphatic heterocycles. The van der Waals surface area contributed by atoms with E-state index in [1.165, 1.54) is 31.4 Å². The summed E-state index contributed by atoms with van der Waals surface area (Å²) in [5, 5.41) is 13.5. The molecule has 0 saturated carbocycles. The molecule has 3 amide bonds. The first-order valence-corrected chi connectivity index (χ1v) is 13.2. The van der Waals surface area contributed by atoms with Gasteiger partial charge in [-0.05, 0) is 69.2 Å². The quantitative estimate of drug-likeness (QED) is 0.166. The highest BCUT2D eigenvalue weighted by Gasteiger charge is 2.35. The standard InChI is InChI=1S/C26H19BrClN3O7S/c1-37-21-11-16(10-18(27)24(21)38-14-23(32)29-20-5-3-2-4-19(20)28)12-22-25(33)30(26(34)39-22)13-15-6-8-17(9-7-15)31(35)36/h2-12H,13-14H2,1H3,(H,29,32)/b22-12-. The van der Waals surface area contributed by atoms with Crippen molar-refractivity contribution in [1.29, 1.82) is 0 Å². The number of nitro benzene ring substituents is 1. The molecular formula is C26H19BrClN3O7S. The molecule has 1 saturated heterocycles. The third kappa shape index (κ3) is 6.77. The van der Waals surface area contributed by atoms with Crippen LogP contribution in [0.5, 0.6) is 11.5 Å². The molecule has 1 heterocycles. The van der Waals surface area contributed by atoms with Gasteiger partial charge in [0, 0.05) is 12.1 Å². The highest BCUT2D eigenvalue weighted by Crippen LogP contribution is 2.39. The highest BCUT2D eigenvalue weighted by atomic mass is 79.9. The van der Waals surface area contributed by atoms with Gasteiger partial charge < -0.3 is 14.8 Å². The number of methoxy groups -OCH3 is 1. The Labute approximate surface area is 240 Å². The van der Waals surface area contributed by atoms with Crippen LogP contribution in [0.25, 0.3) is 6.08 Å². The zero-order valence-electron chi connectivity index (χ0n) is 20.2. The number of rotatable bonds is 9. The lowest BCUT2D eigenvalue weighted by Gasteiger charge is -2.14. The number of nitro groups is 1. The Bertz CT molecular complexity index is 1500. The maximum atomic E-state index is 12.9. The fraction of sp³-hybridized carbons (Fsp3) is 0.115. The summed E-state index contributed by atoms with van der Waals surface area (Å²) >= 11 is 10.3. The number of anilines is 1. The molecular weight excluding hydrogens is 614 g/mol. The lowest BCUT2D eigenvalue weighted by Crippen LogP contribution is -2.27. The predicted molar refractivity (Wildman–Crippen MR) is 151 cm³/mol. The third-order valence-corrected chi connectivity index (χ3v) is 7.23. The van der Waals surface area contributed by atoms with Crippen molar-refractivity contribution in [2.75, 3.05) is 19.0 Å². The molecule has 0 radical (unpaired) electrons. The Hall–Kier alpha value is -3.87. The van der Waals surface area contributed by atoms with E-state index in [9.17, 15) is 24.5 Å². The molecule has 3 aromatic rings. The molecule has 4 rings (SSSR count). The Morgan fingerprint density at radius 2 is 1.90 bits per heavy atom. The molecule has 0 bridgehead atoms. The van der Waals surface area contributed by atoms with Crippen molar-refractivity contribution in [3.63, 3.8) is 0 Å². The Kier molecular flexibility index (Phi) is 8.90. The van der Waals surface area contributed by atoms with Crippen molar-refractivity contribution >= 4 is 73.8 Å². The van der Waals surface area contributed by atoms with E-state index in [4.69, 9.17) is 21.1 Å². The van der Waals surface area contributed by atoms with E-state index in [0.29, 0.717) is 32.1 Å². The number of ether oxygens (including phenoxy) is 2. The fourth-order valence-corrected chi connectivity index (χ4v) is 5.14. The van der Waals surface area contributed by atoms with Gasteiger partial charge in [0.1, 0.15) is 0 Å². The van der Waals surface area contributed by atoms with E-state index in [2.05, 4.69) is 21.2 Å². The topological polar surface area (TPSA) is 128 Å². The molecule has 3 aromatic carbocycles. The molecule has 13 heteroatoms. The van der Waals surface area contributed by atoms with Gasteiger partial charge in [0.25, 0.3) is 22.7 Å². The fourth-order valence-electron chi connectivity index (χ4n) is 3.54. The number of carbonyl (C=O) groups is 3. The van der Waals surface area contributed by atoms with Crippen LogP contribution in [0.4, 0.5) is 16.2 Å². The van der Waals surface area contributed by atoms with Crippen molar-refractivity contribution in [3.8, 4) is 11.5 Å². The van der Waals surface area contributed by atoms with Gasteiger partial charge in [0.05, 0.1) is 38.7 Å². The molecule has 200 valence electrons. The molecule has 0 aliphatic carbocycles. The molecule has 0 unspecified atom stereocenters. The van der Waals surface area contributed by atoms with Crippen LogP contribution in [0.15, 0.2) is 70.0 Å². The second-order valence-corrected chi connectivity index (χ2v) is 10.3. The molecule has 0 spiro atoms. The van der Waals surface area contributed by atoms with Gasteiger partial charge in [-0.2, -0.15) is 0 Å². The molecule has 1 N–H and O–H groups in total. The maximum absolute atomic E-state index is 12.9. The van der Waals surface area contributed by atoms with E-state index in [0.717, 1.165) is 16.7 Å². The Morgan fingerprint density at radius 3 is 2.56 bits per heavy atom. The van der Waals surface area contributed by atoms with Crippen LogP contribution < -0.4 is 14.8 Å². The van der Waals surface area contributed by atoms with Crippen LogP contribution in [0.1, 0.15) is 11.1 Å². The molecule has 0 atom stereocenters. The normalized spacial score (nSPS) is 14.0. The van der Waals surface area contributed by atoms with Crippen molar-refractivity contribution < 1.29 is 28.8 Å². The number of benzene rings is 3. The van der Waals surface area contributed by atoms with Gasteiger partial charge in [-0.25, -0.2) is 0 Å². The number of imide groups is 1. The Balaban J connectivity index is 1.46.